The molecule has 0 aromatic heterocycles. The molecule has 34 heavy (non-hydrogen) atoms. The van der Waals surface area contributed by atoms with E-state index in [0.29, 0.717) is 22.4 Å². The Morgan fingerprint density at radius 1 is 0.853 bits per heavy atom. The number of hydrogen-bond donors (Lipinski definition) is 4. The zero-order chi connectivity index (χ0) is 24.5. The van der Waals surface area contributed by atoms with E-state index in [4.69, 9.17) is 4.74 Å². The molecule has 0 heterocycles. The number of para-hydroxylation sites is 1. The molecule has 3 rings (SSSR count). The average Bonchev–Trinajstić information content (AvgIpc) is 2.87. The lowest BCUT2D eigenvalue weighted by molar-refractivity contribution is -0.143. The lowest BCUT2D eigenvalue weighted by atomic mass is 9.99. The lowest BCUT2D eigenvalue weighted by Crippen LogP contribution is -2.50. The molecule has 0 saturated heterocycles. The largest absolute Gasteiger partial charge is 0.496 e. The molecule has 0 aliphatic heterocycles. The van der Waals surface area contributed by atoms with Crippen molar-refractivity contribution in [2.75, 3.05) is 7.11 Å². The van der Waals surface area contributed by atoms with E-state index in [9.17, 15) is 24.6 Å². The van der Waals surface area contributed by atoms with E-state index in [1.54, 1.807) is 84.9 Å². The summed E-state index contributed by atoms with van der Waals surface area (Å²) in [7, 11) is 1.47. The fraction of sp³-hybridized carbons (Fsp3) is 0.192. The molecule has 3 aromatic carbocycles. The Balaban J connectivity index is 1.80. The fourth-order valence-corrected chi connectivity index (χ4v) is 3.52. The van der Waals surface area contributed by atoms with Gasteiger partial charge in [0, 0.05) is 12.0 Å². The molecule has 0 aliphatic rings. The third-order valence-corrected chi connectivity index (χ3v) is 5.30. The van der Waals surface area contributed by atoms with Crippen molar-refractivity contribution in [3.63, 3.8) is 0 Å². The molecule has 3 atom stereocenters. The van der Waals surface area contributed by atoms with Crippen LogP contribution in [0.4, 0.5) is 0 Å². The fourth-order valence-electron chi connectivity index (χ4n) is 3.52. The number of methoxy groups -OCH3 is 1. The van der Waals surface area contributed by atoms with Crippen molar-refractivity contribution >= 4 is 17.8 Å². The van der Waals surface area contributed by atoms with Crippen LogP contribution in [0.1, 0.15) is 27.5 Å². The predicted octanol–water partition coefficient (Wildman–Crippen LogP) is 2.34. The molecule has 0 aliphatic carbocycles. The topological polar surface area (TPSA) is 125 Å². The summed E-state index contributed by atoms with van der Waals surface area (Å²) in [5.74, 6) is -2.19. The number of rotatable bonds is 10. The van der Waals surface area contributed by atoms with E-state index in [2.05, 4.69) is 10.6 Å². The second-order valence-corrected chi connectivity index (χ2v) is 7.59. The normalized spacial score (nSPS) is 13.2. The molecule has 0 saturated carbocycles. The van der Waals surface area contributed by atoms with Gasteiger partial charge in [-0.05, 0) is 29.3 Å². The van der Waals surface area contributed by atoms with Crippen LogP contribution in [0.2, 0.25) is 0 Å². The van der Waals surface area contributed by atoms with Crippen LogP contribution in [0.15, 0.2) is 84.9 Å². The number of hydrogen-bond acceptors (Lipinski definition) is 5. The van der Waals surface area contributed by atoms with Crippen molar-refractivity contribution in [1.82, 2.24) is 10.6 Å². The number of carboxylic acid groups (broad SMARTS) is 1. The zero-order valence-corrected chi connectivity index (χ0v) is 18.5. The van der Waals surface area contributed by atoms with Crippen molar-refractivity contribution in [1.29, 1.82) is 0 Å². The molecular formula is C26H26N2O6. The van der Waals surface area contributed by atoms with E-state index in [1.807, 2.05) is 0 Å². The quantitative estimate of drug-likeness (QED) is 0.367. The molecule has 0 unspecified atom stereocenters. The first kappa shape index (κ1) is 24.5. The van der Waals surface area contributed by atoms with E-state index < -0.39 is 36.0 Å². The maximum absolute atomic E-state index is 12.9. The van der Waals surface area contributed by atoms with Crippen molar-refractivity contribution < 1.29 is 29.3 Å². The first-order chi connectivity index (χ1) is 16.4. The molecule has 0 radical (unpaired) electrons. The summed E-state index contributed by atoms with van der Waals surface area (Å²) in [5.41, 5.74) is 1.44. The second-order valence-electron chi connectivity index (χ2n) is 7.59. The van der Waals surface area contributed by atoms with Crippen LogP contribution in [0.3, 0.4) is 0 Å². The smallest absolute Gasteiger partial charge is 0.326 e. The number of carboxylic acids is 1. The number of aliphatic carboxylic acids is 1. The Morgan fingerprint density at radius 3 is 2.06 bits per heavy atom. The number of aliphatic hydroxyl groups is 1. The van der Waals surface area contributed by atoms with Gasteiger partial charge in [-0.3, -0.25) is 9.59 Å². The van der Waals surface area contributed by atoms with E-state index in [0.717, 1.165) is 0 Å². The monoisotopic (exact) mass is 462 g/mol. The summed E-state index contributed by atoms with van der Waals surface area (Å²) >= 11 is 0. The van der Waals surface area contributed by atoms with E-state index >= 15 is 0 Å². The molecule has 3 aromatic rings. The van der Waals surface area contributed by atoms with E-state index in [-0.39, 0.29) is 6.42 Å². The van der Waals surface area contributed by atoms with Gasteiger partial charge in [0.1, 0.15) is 11.8 Å². The SMILES string of the molecule is COc1ccccc1C[C@@H](NC(=O)[C@H](O)[C@@H](NC(=O)c1ccccc1)c1ccccc1)C(=O)O. The minimum absolute atomic E-state index is 0.0514. The number of benzene rings is 3. The molecule has 0 fully saturated rings. The second kappa shape index (κ2) is 11.6. The Hall–Kier alpha value is -4.17. The van der Waals surface area contributed by atoms with Crippen molar-refractivity contribution in [3.05, 3.63) is 102 Å². The summed E-state index contributed by atoms with van der Waals surface area (Å²) in [6, 6.07) is 21.3. The summed E-state index contributed by atoms with van der Waals surface area (Å²) in [4.78, 5) is 37.5. The van der Waals surface area contributed by atoms with Crippen LogP contribution in [-0.4, -0.2) is 47.3 Å². The minimum Gasteiger partial charge on any atom is -0.496 e. The number of nitrogens with one attached hydrogen (secondary N) is 2. The van der Waals surface area contributed by atoms with Crippen LogP contribution in [-0.2, 0) is 16.0 Å². The van der Waals surface area contributed by atoms with Gasteiger partial charge in [-0.2, -0.15) is 0 Å². The predicted molar refractivity (Wildman–Crippen MR) is 125 cm³/mol. The van der Waals surface area contributed by atoms with Crippen molar-refractivity contribution in [3.8, 4) is 5.75 Å². The number of amides is 2. The van der Waals surface area contributed by atoms with E-state index in [1.165, 1.54) is 7.11 Å². The Kier molecular flexibility index (Phi) is 8.37. The van der Waals surface area contributed by atoms with Gasteiger partial charge in [-0.1, -0.05) is 66.7 Å². The maximum atomic E-state index is 12.9. The molecule has 4 N–H and O–H groups in total. The highest BCUT2D eigenvalue weighted by molar-refractivity contribution is 5.95. The third-order valence-electron chi connectivity index (χ3n) is 5.30. The Bertz CT molecular complexity index is 1120. The van der Waals surface area contributed by atoms with Crippen LogP contribution in [0, 0.1) is 0 Å². The van der Waals surface area contributed by atoms with Crippen LogP contribution < -0.4 is 15.4 Å². The van der Waals surface area contributed by atoms with Gasteiger partial charge in [0.05, 0.1) is 13.2 Å². The summed E-state index contributed by atoms with van der Waals surface area (Å²) in [5, 5.41) is 25.6. The van der Waals surface area contributed by atoms with Crippen LogP contribution in [0.5, 0.6) is 5.75 Å². The maximum Gasteiger partial charge on any atom is 0.326 e. The number of carbonyl (C=O) groups excluding carboxylic acids is 2. The summed E-state index contributed by atoms with van der Waals surface area (Å²) < 4.78 is 5.26. The number of aliphatic hydroxyl groups excluding tert-OH is 1. The van der Waals surface area contributed by atoms with Crippen LogP contribution >= 0.6 is 0 Å². The molecule has 2 amide bonds. The van der Waals surface area contributed by atoms with Gasteiger partial charge >= 0.3 is 5.97 Å². The molecule has 0 spiro atoms. The minimum atomic E-state index is -1.74. The highest BCUT2D eigenvalue weighted by Gasteiger charge is 2.32. The van der Waals surface area contributed by atoms with Crippen LogP contribution in [0.25, 0.3) is 0 Å². The van der Waals surface area contributed by atoms with Gasteiger partial charge in [-0.15, -0.1) is 0 Å². The molecule has 8 heteroatoms. The third kappa shape index (κ3) is 6.20. The molecule has 0 bridgehead atoms. The lowest BCUT2D eigenvalue weighted by Gasteiger charge is -2.25. The first-order valence-electron chi connectivity index (χ1n) is 10.6. The highest BCUT2D eigenvalue weighted by atomic mass is 16.5. The first-order valence-corrected chi connectivity index (χ1v) is 10.6. The van der Waals surface area contributed by atoms with Gasteiger partial charge in [0.25, 0.3) is 11.8 Å². The number of ether oxygens (including phenoxy) is 1. The number of carbonyl (C=O) groups is 3. The van der Waals surface area contributed by atoms with Gasteiger partial charge in [-0.25, -0.2) is 4.79 Å². The van der Waals surface area contributed by atoms with Gasteiger partial charge < -0.3 is 25.6 Å². The van der Waals surface area contributed by atoms with Crippen molar-refractivity contribution in [2.24, 2.45) is 0 Å². The molecular weight excluding hydrogens is 436 g/mol. The summed E-state index contributed by atoms with van der Waals surface area (Å²) in [6.45, 7) is 0. The highest BCUT2D eigenvalue weighted by Crippen LogP contribution is 2.21. The van der Waals surface area contributed by atoms with Gasteiger partial charge in [0.15, 0.2) is 6.10 Å². The average molecular weight is 463 g/mol. The molecule has 176 valence electrons. The Morgan fingerprint density at radius 2 is 1.44 bits per heavy atom. The standard InChI is InChI=1S/C26H26N2O6/c1-34-21-15-9-8-14-19(21)16-20(26(32)33)27-25(31)23(29)22(17-10-4-2-5-11-17)28-24(30)18-12-6-3-7-13-18/h2-15,20,22-23,29H,16H2,1H3,(H,27,31)(H,28,30)(H,32,33)/t20-,22+,23-/m1/s1. The summed E-state index contributed by atoms with van der Waals surface area (Å²) in [6.07, 6.45) is -1.79. The Labute approximate surface area is 197 Å². The molecule has 8 nitrogen and oxygen atoms in total. The van der Waals surface area contributed by atoms with Crippen molar-refractivity contribution in [2.45, 2.75) is 24.6 Å². The van der Waals surface area contributed by atoms with Gasteiger partial charge in [0.2, 0.25) is 0 Å². The zero-order valence-electron chi connectivity index (χ0n) is 18.5.